The Bertz CT molecular complexity index is 1440. The third-order valence-electron chi connectivity index (χ3n) is 8.52. The summed E-state index contributed by atoms with van der Waals surface area (Å²) >= 11 is 6.31. The Morgan fingerprint density at radius 3 is 2.48 bits per heavy atom. The monoisotopic (exact) mass is 579 g/mol. The van der Waals surface area contributed by atoms with Crippen LogP contribution in [0.1, 0.15) is 50.1 Å². The molecule has 0 unspecified atom stereocenters. The van der Waals surface area contributed by atoms with Crippen LogP contribution in [0.15, 0.2) is 54.7 Å². The van der Waals surface area contributed by atoms with Crippen LogP contribution >= 0.6 is 22.2 Å². The molecule has 3 aromatic rings. The first kappa shape index (κ1) is 27.2. The molecule has 2 aliphatic carbocycles. The summed E-state index contributed by atoms with van der Waals surface area (Å²) in [4.78, 5) is 15.7. The predicted molar refractivity (Wildman–Crippen MR) is 159 cm³/mol. The van der Waals surface area contributed by atoms with Gasteiger partial charge in [-0.05, 0) is 61.6 Å². The number of rotatable bonds is 6. The maximum absolute atomic E-state index is 13.5. The molecule has 1 saturated heterocycles. The number of halogens is 1. The van der Waals surface area contributed by atoms with Crippen LogP contribution in [-0.2, 0) is 4.79 Å². The predicted octanol–water partition coefficient (Wildman–Crippen LogP) is 6.21. The highest BCUT2D eigenvalue weighted by Gasteiger charge is 2.47. The van der Waals surface area contributed by atoms with Crippen molar-refractivity contribution in [2.75, 3.05) is 29.5 Å². The summed E-state index contributed by atoms with van der Waals surface area (Å²) in [5, 5.41) is 18.3. The average Bonchev–Trinajstić information content (AvgIpc) is 3.59. The van der Waals surface area contributed by atoms with Crippen molar-refractivity contribution < 1.29 is 13.9 Å². The summed E-state index contributed by atoms with van der Waals surface area (Å²) in [6, 6.07) is 18.2. The molecular weight excluding hydrogens is 546 g/mol. The molecule has 3 aliphatic rings. The molecule has 40 heavy (non-hydrogen) atoms. The Labute approximate surface area is 241 Å². The Balaban J connectivity index is 1.34. The van der Waals surface area contributed by atoms with E-state index in [0.717, 1.165) is 53.9 Å². The van der Waals surface area contributed by atoms with E-state index in [9.17, 15) is 19.2 Å². The van der Waals surface area contributed by atoms with Crippen LogP contribution in [0.4, 0.5) is 5.69 Å². The Morgan fingerprint density at radius 1 is 1.07 bits per heavy atom. The second-order valence-electron chi connectivity index (χ2n) is 11.3. The van der Waals surface area contributed by atoms with E-state index in [0.29, 0.717) is 42.5 Å². The third kappa shape index (κ3) is 5.59. The van der Waals surface area contributed by atoms with E-state index in [-0.39, 0.29) is 17.7 Å². The first-order valence-electron chi connectivity index (χ1n) is 13.9. The van der Waals surface area contributed by atoms with Crippen LogP contribution in [0, 0.1) is 17.2 Å². The van der Waals surface area contributed by atoms with Crippen molar-refractivity contribution >= 4 is 33.8 Å². The summed E-state index contributed by atoms with van der Waals surface area (Å²) in [6.07, 6.45) is 7.08. The molecule has 10 heteroatoms. The van der Waals surface area contributed by atoms with Gasteiger partial charge in [-0.25, -0.2) is 4.68 Å². The minimum Gasteiger partial charge on any atom is -0.368 e. The van der Waals surface area contributed by atoms with E-state index in [2.05, 4.69) is 40.6 Å². The number of carbonyl (C=O) groups is 1. The van der Waals surface area contributed by atoms with Gasteiger partial charge in [0.2, 0.25) is 5.91 Å². The zero-order chi connectivity index (χ0) is 27.9. The van der Waals surface area contributed by atoms with E-state index in [4.69, 9.17) is 16.7 Å². The number of nitrogens with one attached hydrogen (secondary N) is 1. The second kappa shape index (κ2) is 10.7. The minimum absolute atomic E-state index is 0.0431. The fourth-order valence-corrected chi connectivity index (χ4v) is 7.38. The molecule has 1 aromatic heterocycles. The Kier molecular flexibility index (Phi) is 7.30. The summed E-state index contributed by atoms with van der Waals surface area (Å²) < 4.78 is 21.8. The van der Waals surface area contributed by atoms with Gasteiger partial charge in [0.05, 0.1) is 29.0 Å². The lowest BCUT2D eigenvalue weighted by atomic mass is 9.75. The molecule has 3 fully saturated rings. The highest BCUT2D eigenvalue weighted by Crippen LogP contribution is 2.44. The number of amides is 1. The molecule has 2 aromatic carbocycles. The maximum Gasteiger partial charge on any atom is 0.225 e. The van der Waals surface area contributed by atoms with Crippen LogP contribution in [0.5, 0.6) is 0 Å². The summed E-state index contributed by atoms with van der Waals surface area (Å²) in [7, 11) is -2.45. The summed E-state index contributed by atoms with van der Waals surface area (Å²) in [5.74, 6) is 0.435. The van der Waals surface area contributed by atoms with E-state index < -0.39 is 16.1 Å². The van der Waals surface area contributed by atoms with Gasteiger partial charge in [-0.3, -0.25) is 13.9 Å². The Hall–Kier alpha value is -3.03. The quantitative estimate of drug-likeness (QED) is 0.320. The fourth-order valence-electron chi connectivity index (χ4n) is 5.96. The fraction of sp³-hybridized carbons (Fsp3) is 0.433. The molecule has 2 heterocycles. The number of carbonyl (C=O) groups excluding carboxylic acids is 1. The molecule has 0 radical (unpaired) electrons. The molecule has 3 N–H and O–H groups in total. The minimum atomic E-state index is -2.45. The molecular formula is C30H34ClN5O3S. The van der Waals surface area contributed by atoms with E-state index >= 15 is 0 Å². The van der Waals surface area contributed by atoms with E-state index in [1.807, 2.05) is 35.1 Å². The number of nitrogens with zero attached hydrogens (tertiary/aromatic N) is 4. The molecule has 2 atom stereocenters. The number of anilines is 1. The molecule has 8 nitrogen and oxygen atoms in total. The van der Waals surface area contributed by atoms with Crippen molar-refractivity contribution in [3.8, 4) is 22.9 Å². The lowest BCUT2D eigenvalue weighted by Gasteiger charge is -2.41. The Morgan fingerprint density at radius 2 is 1.80 bits per heavy atom. The van der Waals surface area contributed by atoms with Gasteiger partial charge < -0.3 is 10.2 Å². The van der Waals surface area contributed by atoms with Crippen molar-refractivity contribution in [3.05, 3.63) is 65.4 Å². The summed E-state index contributed by atoms with van der Waals surface area (Å²) in [5.41, 5.74) is 4.07. The van der Waals surface area contributed by atoms with Gasteiger partial charge in [-0.15, -0.1) is 0 Å². The number of nitriles is 1. The highest BCUT2D eigenvalue weighted by molar-refractivity contribution is 8.24. The SMILES string of the molecule is N#CC1(NC(=O)[C@@H]2CCCC[C@H]2c2nn(-c3cccc(Cl)c3)cc2-c2ccc(N3CCS(O)(O)CC3)cc2)CC1. The van der Waals surface area contributed by atoms with E-state index in [1.54, 1.807) is 0 Å². The summed E-state index contributed by atoms with van der Waals surface area (Å²) in [6.45, 7) is 1.23. The number of aromatic nitrogens is 2. The van der Waals surface area contributed by atoms with Crippen molar-refractivity contribution in [3.63, 3.8) is 0 Å². The topological polar surface area (TPSA) is 114 Å². The number of benzene rings is 2. The lowest BCUT2D eigenvalue weighted by Crippen LogP contribution is -2.42. The smallest absolute Gasteiger partial charge is 0.225 e. The largest absolute Gasteiger partial charge is 0.368 e. The van der Waals surface area contributed by atoms with Gasteiger partial charge in [-0.2, -0.15) is 21.0 Å². The zero-order valence-electron chi connectivity index (χ0n) is 22.3. The molecule has 210 valence electrons. The molecule has 2 saturated carbocycles. The van der Waals surface area contributed by atoms with E-state index in [1.165, 1.54) is 0 Å². The van der Waals surface area contributed by atoms with Crippen LogP contribution in [0.2, 0.25) is 5.02 Å². The van der Waals surface area contributed by atoms with Gasteiger partial charge in [-0.1, -0.05) is 42.6 Å². The molecule has 0 spiro atoms. The first-order chi connectivity index (χ1) is 19.3. The van der Waals surface area contributed by atoms with Crippen molar-refractivity contribution in [2.45, 2.75) is 50.0 Å². The number of hydrogen-bond acceptors (Lipinski definition) is 6. The van der Waals surface area contributed by atoms with Gasteiger partial charge in [0.25, 0.3) is 0 Å². The van der Waals surface area contributed by atoms with Crippen molar-refractivity contribution in [2.24, 2.45) is 5.92 Å². The molecule has 1 amide bonds. The second-order valence-corrected chi connectivity index (χ2v) is 14.1. The van der Waals surface area contributed by atoms with Gasteiger partial charge in [0.1, 0.15) is 5.54 Å². The zero-order valence-corrected chi connectivity index (χ0v) is 23.9. The lowest BCUT2D eigenvalue weighted by molar-refractivity contribution is -0.127. The third-order valence-corrected chi connectivity index (χ3v) is 10.4. The first-order valence-corrected chi connectivity index (χ1v) is 16.2. The number of hydrogen-bond donors (Lipinski definition) is 3. The van der Waals surface area contributed by atoms with Crippen molar-refractivity contribution in [1.29, 1.82) is 5.26 Å². The van der Waals surface area contributed by atoms with Crippen LogP contribution in [0.3, 0.4) is 0 Å². The maximum atomic E-state index is 13.5. The van der Waals surface area contributed by atoms with Crippen LogP contribution < -0.4 is 10.2 Å². The van der Waals surface area contributed by atoms with Crippen LogP contribution in [0.25, 0.3) is 16.8 Å². The average molecular weight is 580 g/mol. The highest BCUT2D eigenvalue weighted by atomic mass is 35.5. The van der Waals surface area contributed by atoms with Gasteiger partial charge >= 0.3 is 0 Å². The normalized spacial score (nSPS) is 24.1. The van der Waals surface area contributed by atoms with Gasteiger partial charge in [0, 0.05) is 47.4 Å². The standard InChI is InChI=1S/C30H34ClN5O3S/c31-22-4-3-5-24(18-22)36-19-27(21-8-10-23(11-9-21)35-14-16-40(38,39)17-15-35)28(34-36)25-6-1-2-7-26(25)29(37)33-30(20-32)12-13-30/h3-5,8-11,18-19,25-26,38-39H,1-2,6-7,12-17H2,(H,33,37)/t25-,26-/m1/s1. The molecule has 1 aliphatic heterocycles. The van der Waals surface area contributed by atoms with Gasteiger partial charge in [0.15, 0.2) is 0 Å². The van der Waals surface area contributed by atoms with Crippen LogP contribution in [-0.4, -0.2) is 54.9 Å². The molecule has 6 rings (SSSR count). The van der Waals surface area contributed by atoms with Crippen molar-refractivity contribution in [1.82, 2.24) is 15.1 Å². The molecule has 0 bridgehead atoms.